The standard InChI is InChI=1S/C23H24FN4OPS/c1-15-26-21-7-6-17(30-10-8-28(31-2)9-11-30)12-19(21)23(27-15)25-13-16-4-3-5-18-20(24)14-29-22(16)18/h3-7,12,14H,8-11,13H2,1-2H3,(H,25,26,27). The van der Waals surface area contributed by atoms with Crippen molar-refractivity contribution in [2.75, 3.05) is 37.0 Å². The molecule has 3 heterocycles. The van der Waals surface area contributed by atoms with Gasteiger partial charge >= 0.3 is 0 Å². The normalized spacial score (nSPS) is 15.7. The summed E-state index contributed by atoms with van der Waals surface area (Å²) in [5.41, 5.74) is 2.42. The lowest BCUT2D eigenvalue weighted by molar-refractivity contribution is 0.519. The van der Waals surface area contributed by atoms with Crippen LogP contribution >= 0.6 is 19.9 Å². The number of para-hydroxylation sites is 1. The van der Waals surface area contributed by atoms with E-state index in [1.807, 2.05) is 31.0 Å². The third-order valence-electron chi connectivity index (χ3n) is 5.73. The van der Waals surface area contributed by atoms with Gasteiger partial charge < -0.3 is 9.73 Å². The zero-order valence-electron chi connectivity index (χ0n) is 17.6. The van der Waals surface area contributed by atoms with Gasteiger partial charge in [0.05, 0.1) is 10.9 Å². The molecule has 0 spiro atoms. The lowest BCUT2D eigenvalue weighted by Gasteiger charge is -2.30. The Kier molecular flexibility index (Phi) is 5.83. The maximum Gasteiger partial charge on any atom is 0.169 e. The molecule has 5 nitrogen and oxygen atoms in total. The van der Waals surface area contributed by atoms with Crippen LogP contribution in [0.2, 0.25) is 0 Å². The van der Waals surface area contributed by atoms with Crippen molar-refractivity contribution in [3.8, 4) is 0 Å². The summed E-state index contributed by atoms with van der Waals surface area (Å²) in [5.74, 6) is 1.20. The third kappa shape index (κ3) is 4.14. The first-order chi connectivity index (χ1) is 15.1. The van der Waals surface area contributed by atoms with Crippen molar-refractivity contribution in [1.82, 2.24) is 14.3 Å². The molecule has 4 aromatic rings. The van der Waals surface area contributed by atoms with Crippen molar-refractivity contribution in [2.45, 2.75) is 13.5 Å². The van der Waals surface area contributed by atoms with Gasteiger partial charge in [0.2, 0.25) is 0 Å². The van der Waals surface area contributed by atoms with E-state index in [9.17, 15) is 4.39 Å². The van der Waals surface area contributed by atoms with Crippen LogP contribution in [0.1, 0.15) is 11.4 Å². The zero-order valence-corrected chi connectivity index (χ0v) is 19.3. The highest BCUT2D eigenvalue weighted by Gasteiger charge is 2.20. The molecule has 2 aromatic carbocycles. The monoisotopic (exact) mass is 454 g/mol. The number of benzene rings is 2. The molecule has 0 aliphatic carbocycles. The highest BCUT2D eigenvalue weighted by Crippen LogP contribution is 2.39. The minimum absolute atomic E-state index is 0.161. The highest BCUT2D eigenvalue weighted by atomic mass is 32.2. The molecular weight excluding hydrogens is 430 g/mol. The molecule has 1 aliphatic rings. The van der Waals surface area contributed by atoms with Gasteiger partial charge in [-0.3, -0.25) is 4.31 Å². The number of furan rings is 1. The molecule has 1 fully saturated rings. The Labute approximate surface area is 186 Å². The number of anilines is 1. The molecule has 2 aromatic heterocycles. The van der Waals surface area contributed by atoms with Gasteiger partial charge in [-0.15, -0.1) is 0 Å². The molecule has 160 valence electrons. The molecule has 31 heavy (non-hydrogen) atoms. The van der Waals surface area contributed by atoms with E-state index in [-0.39, 0.29) is 13.7 Å². The number of nitrogens with zero attached hydrogens (tertiary/aromatic N) is 3. The lowest BCUT2D eigenvalue weighted by atomic mass is 10.1. The van der Waals surface area contributed by atoms with Crippen molar-refractivity contribution in [3.63, 3.8) is 0 Å². The van der Waals surface area contributed by atoms with Crippen LogP contribution < -0.4 is 10.6 Å². The number of aromatic nitrogens is 2. The Morgan fingerprint density at radius 1 is 1.16 bits per heavy atom. The summed E-state index contributed by atoms with van der Waals surface area (Å²) in [6.07, 6.45) is 5.76. The van der Waals surface area contributed by atoms with Crippen molar-refractivity contribution >= 4 is 52.9 Å². The van der Waals surface area contributed by atoms with Crippen LogP contribution in [0.5, 0.6) is 0 Å². The van der Waals surface area contributed by atoms with Crippen LogP contribution in [0.3, 0.4) is 0 Å². The van der Waals surface area contributed by atoms with Crippen LogP contribution in [-0.2, 0) is 6.54 Å². The summed E-state index contributed by atoms with van der Waals surface area (Å²) in [4.78, 5) is 9.31. The Morgan fingerprint density at radius 3 is 2.81 bits per heavy atom. The molecule has 1 saturated heterocycles. The molecule has 0 saturated carbocycles. The average molecular weight is 455 g/mol. The fourth-order valence-electron chi connectivity index (χ4n) is 4.10. The van der Waals surface area contributed by atoms with Gasteiger partial charge in [-0.05, 0) is 49.0 Å². The second kappa shape index (κ2) is 8.73. The topological polar surface area (TPSA) is 54.2 Å². The van der Waals surface area contributed by atoms with E-state index in [4.69, 9.17) is 4.42 Å². The average Bonchev–Trinajstić information content (AvgIpc) is 3.18. The molecule has 0 unspecified atom stereocenters. The predicted octanol–water partition coefficient (Wildman–Crippen LogP) is 5.14. The number of hydrogen-bond acceptors (Lipinski definition) is 6. The van der Waals surface area contributed by atoms with Crippen molar-refractivity contribution in [2.24, 2.45) is 0 Å². The molecule has 5 rings (SSSR count). The van der Waals surface area contributed by atoms with E-state index >= 15 is 0 Å². The van der Waals surface area contributed by atoms with Gasteiger partial charge in [0.1, 0.15) is 23.5 Å². The Hall–Kier alpha value is -2.21. The fourth-order valence-corrected chi connectivity index (χ4v) is 7.22. The molecule has 0 atom stereocenters. The summed E-state index contributed by atoms with van der Waals surface area (Å²) in [6.45, 7) is 4.69. The van der Waals surface area contributed by atoms with Gasteiger partial charge in [0.15, 0.2) is 5.82 Å². The zero-order chi connectivity index (χ0) is 21.4. The van der Waals surface area contributed by atoms with E-state index in [1.54, 1.807) is 6.07 Å². The number of halogens is 1. The Bertz CT molecular complexity index is 1240. The number of fused-ring (bicyclic) bond motifs is 2. The maximum absolute atomic E-state index is 13.9. The van der Waals surface area contributed by atoms with Crippen molar-refractivity contribution < 1.29 is 8.81 Å². The summed E-state index contributed by atoms with van der Waals surface area (Å²) >= 11 is 1.84. The molecule has 0 bridgehead atoms. The quantitative estimate of drug-likeness (QED) is 0.333. The maximum atomic E-state index is 13.9. The van der Waals surface area contributed by atoms with E-state index in [0.29, 0.717) is 17.5 Å². The minimum Gasteiger partial charge on any atom is -0.461 e. The third-order valence-corrected chi connectivity index (χ3v) is 9.10. The number of rotatable bonds is 5. The van der Waals surface area contributed by atoms with E-state index < -0.39 is 0 Å². The van der Waals surface area contributed by atoms with E-state index in [1.165, 1.54) is 17.6 Å². The lowest BCUT2D eigenvalue weighted by Crippen LogP contribution is -2.30. The van der Waals surface area contributed by atoms with E-state index in [2.05, 4.69) is 44.0 Å². The van der Waals surface area contributed by atoms with Gasteiger partial charge in [0, 0.05) is 30.6 Å². The first-order valence-electron chi connectivity index (χ1n) is 10.3. The van der Waals surface area contributed by atoms with Crippen LogP contribution in [0.4, 0.5) is 10.2 Å². The molecule has 0 radical (unpaired) electrons. The highest BCUT2D eigenvalue weighted by molar-refractivity contribution is 7.96. The molecule has 1 aliphatic heterocycles. The summed E-state index contributed by atoms with van der Waals surface area (Å²) < 4.78 is 21.8. The predicted molar refractivity (Wildman–Crippen MR) is 129 cm³/mol. The van der Waals surface area contributed by atoms with Crippen LogP contribution in [0.15, 0.2) is 47.1 Å². The Balaban J connectivity index is 1.44. The van der Waals surface area contributed by atoms with Gasteiger partial charge in [-0.1, -0.05) is 38.1 Å². The minimum atomic E-state index is -0.334. The number of nitrogens with one attached hydrogen (secondary N) is 1. The first kappa shape index (κ1) is 20.7. The van der Waals surface area contributed by atoms with Gasteiger partial charge in [-0.25, -0.2) is 14.4 Å². The second-order valence-electron chi connectivity index (χ2n) is 7.65. The van der Waals surface area contributed by atoms with Crippen molar-refractivity contribution in [1.29, 1.82) is 0 Å². The van der Waals surface area contributed by atoms with Crippen LogP contribution in [0, 0.1) is 12.7 Å². The fraction of sp³-hybridized carbons (Fsp3) is 0.304. The van der Waals surface area contributed by atoms with Gasteiger partial charge in [-0.2, -0.15) is 0 Å². The summed E-state index contributed by atoms with van der Waals surface area (Å²) in [7, 11) is -0.161. The summed E-state index contributed by atoms with van der Waals surface area (Å²) in [5, 5.41) is 6.41. The van der Waals surface area contributed by atoms with Gasteiger partial charge in [0.25, 0.3) is 0 Å². The SMILES string of the molecule is CSN1CCP(c2ccc3nc(C)nc(NCc4cccc5c(F)coc45)c3c2)CC1. The smallest absolute Gasteiger partial charge is 0.169 e. The molecule has 1 N–H and O–H groups in total. The second-order valence-corrected chi connectivity index (χ2v) is 11.0. The largest absolute Gasteiger partial charge is 0.461 e. The first-order valence-corrected chi connectivity index (χ1v) is 13.2. The molecular formula is C23H24FN4OPS. The van der Waals surface area contributed by atoms with Crippen LogP contribution in [0.25, 0.3) is 21.9 Å². The summed E-state index contributed by atoms with van der Waals surface area (Å²) in [6, 6.07) is 12.2. The van der Waals surface area contributed by atoms with Crippen LogP contribution in [-0.4, -0.2) is 45.9 Å². The molecule has 0 amide bonds. The van der Waals surface area contributed by atoms with Crippen molar-refractivity contribution in [3.05, 3.63) is 59.9 Å². The Morgan fingerprint density at radius 2 is 2.00 bits per heavy atom. The molecule has 8 heteroatoms. The van der Waals surface area contributed by atoms with E-state index in [0.717, 1.165) is 47.5 Å². The number of hydrogen-bond donors (Lipinski definition) is 1. The number of aryl methyl sites for hydroxylation is 1.